The molecule has 6 fully saturated rings. The van der Waals surface area contributed by atoms with E-state index < -0.39 is 0 Å². The van der Waals surface area contributed by atoms with Crippen LogP contribution in [-0.4, -0.2) is 10.5 Å². The maximum Gasteiger partial charge on any atom is 0.00876 e. The van der Waals surface area contributed by atoms with E-state index in [2.05, 4.69) is 51.6 Å². The van der Waals surface area contributed by atoms with Crippen LogP contribution >= 0.6 is 11.8 Å². The highest BCUT2D eigenvalue weighted by Crippen LogP contribution is 2.67. The molecule has 216 valence electrons. The Morgan fingerprint density at radius 3 is 1.46 bits per heavy atom. The van der Waals surface area contributed by atoms with Crippen LogP contribution in [0.25, 0.3) is 0 Å². The highest BCUT2D eigenvalue weighted by Gasteiger charge is 2.57. The summed E-state index contributed by atoms with van der Waals surface area (Å²) < 4.78 is 0. The van der Waals surface area contributed by atoms with Gasteiger partial charge in [0.15, 0.2) is 0 Å². The molecule has 0 aromatic rings. The van der Waals surface area contributed by atoms with Crippen molar-refractivity contribution in [2.24, 2.45) is 57.2 Å². The van der Waals surface area contributed by atoms with E-state index in [9.17, 15) is 0 Å². The van der Waals surface area contributed by atoms with Crippen LogP contribution in [0.1, 0.15) is 143 Å². The summed E-state index contributed by atoms with van der Waals surface area (Å²) in [7, 11) is 0. The van der Waals surface area contributed by atoms with Crippen LogP contribution in [0.3, 0.4) is 0 Å². The van der Waals surface area contributed by atoms with Gasteiger partial charge < -0.3 is 0 Å². The van der Waals surface area contributed by atoms with Crippen molar-refractivity contribution in [3.63, 3.8) is 0 Å². The van der Waals surface area contributed by atoms with E-state index >= 15 is 0 Å². The molecule has 0 N–H and O–H groups in total. The molecule has 0 nitrogen and oxygen atoms in total. The lowest BCUT2D eigenvalue weighted by molar-refractivity contribution is -0.0249. The van der Waals surface area contributed by atoms with Gasteiger partial charge in [0.2, 0.25) is 0 Å². The second kappa shape index (κ2) is 9.16. The van der Waals surface area contributed by atoms with Crippen LogP contribution in [-0.2, 0) is 0 Å². The summed E-state index contributed by atoms with van der Waals surface area (Å²) in [5.74, 6) is 6.06. The van der Waals surface area contributed by atoms with Crippen LogP contribution < -0.4 is 0 Å². The highest BCUT2D eigenvalue weighted by molar-refractivity contribution is 8.00. The Balaban J connectivity index is 0.942. The van der Waals surface area contributed by atoms with Crippen molar-refractivity contribution in [1.29, 1.82) is 0 Å². The Hall–Kier alpha value is -0.170. The number of fused-ring (bicyclic) bond motifs is 10. The normalized spacial score (nSPS) is 56.2. The third kappa shape index (κ3) is 3.88. The maximum absolute atomic E-state index is 2.82. The molecule has 6 saturated carbocycles. The SMILES string of the molecule is C[C@@]12CCC[C@@H]1[C@@H]1CC=C3C[C@H](S[C@@H]4CC[C@@]5(C)C(=CC[C@H]6[C@@H]7CCC[C@@]7(C)CC[C@@H]65)C4)CC[C@]3(C)[C@@H]1CC2. The molecule has 0 radical (unpaired) electrons. The minimum atomic E-state index is 0.533. The Morgan fingerprint density at radius 2 is 1.00 bits per heavy atom. The highest BCUT2D eigenvalue weighted by atomic mass is 32.2. The third-order valence-corrected chi connectivity index (χ3v) is 17.6. The number of rotatable bonds is 2. The van der Waals surface area contributed by atoms with E-state index in [0.29, 0.717) is 21.7 Å². The molecule has 8 aliphatic rings. The number of allylic oxidation sites excluding steroid dienone is 4. The lowest BCUT2D eigenvalue weighted by atomic mass is 9.48. The van der Waals surface area contributed by atoms with E-state index in [-0.39, 0.29) is 0 Å². The zero-order chi connectivity index (χ0) is 26.6. The number of hydrogen-bond acceptors (Lipinski definition) is 1. The monoisotopic (exact) mass is 546 g/mol. The molecule has 0 aromatic carbocycles. The molecule has 8 rings (SSSR count). The summed E-state index contributed by atoms with van der Waals surface area (Å²) in [5, 5.41) is 1.78. The van der Waals surface area contributed by atoms with Gasteiger partial charge in [-0.15, -0.1) is 0 Å². The predicted molar refractivity (Wildman–Crippen MR) is 168 cm³/mol. The van der Waals surface area contributed by atoms with Gasteiger partial charge in [0.25, 0.3) is 0 Å². The van der Waals surface area contributed by atoms with Crippen LogP contribution in [0.5, 0.6) is 0 Å². The molecule has 0 bridgehead atoms. The smallest absolute Gasteiger partial charge is 0.00876 e. The molecule has 1 heteroatoms. The van der Waals surface area contributed by atoms with E-state index in [1.54, 1.807) is 0 Å². The maximum atomic E-state index is 2.82. The van der Waals surface area contributed by atoms with Gasteiger partial charge in [-0.3, -0.25) is 0 Å². The lowest BCUT2D eigenvalue weighted by Gasteiger charge is -2.58. The molecule has 0 aliphatic heterocycles. The summed E-state index contributed by atoms with van der Waals surface area (Å²) in [5.41, 5.74) is 6.27. The van der Waals surface area contributed by atoms with Crippen molar-refractivity contribution < 1.29 is 0 Å². The van der Waals surface area contributed by atoms with Gasteiger partial charge in [-0.2, -0.15) is 11.8 Å². The fourth-order valence-electron chi connectivity index (χ4n) is 13.7. The second-order valence-electron chi connectivity index (χ2n) is 17.6. The summed E-state index contributed by atoms with van der Waals surface area (Å²) in [6, 6.07) is 0. The molecule has 0 unspecified atom stereocenters. The largest absolute Gasteiger partial charge is 0.154 e. The quantitative estimate of drug-likeness (QED) is 0.310. The standard InChI is InChI=1S/C38H58S/c1-35-17-5-7-31(35)29-11-9-25-23-27(13-21-37(25,3)33(29)15-19-35)39-28-14-22-38(4)26(24-28)10-12-30-32-8-6-18-36(32,2)20-16-34(30)38/h9-10,27-34H,5-8,11-24H2,1-4H3/t27-,28-,29+,30+,31-,32+,33-,34+,35+,36+,37+,38+/m1/s1. The lowest BCUT2D eigenvalue weighted by Crippen LogP contribution is -2.49. The van der Waals surface area contributed by atoms with Crippen LogP contribution in [0.2, 0.25) is 0 Å². The fourth-order valence-corrected chi connectivity index (χ4v) is 15.3. The van der Waals surface area contributed by atoms with Crippen LogP contribution in [0, 0.1) is 57.2 Å². The Kier molecular flexibility index (Phi) is 6.22. The molecule has 0 saturated heterocycles. The van der Waals surface area contributed by atoms with Crippen LogP contribution in [0.4, 0.5) is 0 Å². The average Bonchev–Trinajstić information content (AvgIpc) is 3.51. The first-order valence-corrected chi connectivity index (χ1v) is 18.7. The van der Waals surface area contributed by atoms with E-state index in [4.69, 9.17) is 0 Å². The molecule has 12 atom stereocenters. The fraction of sp³-hybridized carbons (Fsp3) is 0.895. The van der Waals surface area contributed by atoms with Gasteiger partial charge in [-0.1, -0.05) is 63.8 Å². The molecule has 8 aliphatic carbocycles. The molecular formula is C38H58S. The minimum Gasteiger partial charge on any atom is -0.154 e. The first-order valence-electron chi connectivity index (χ1n) is 17.8. The Labute approximate surface area is 245 Å². The van der Waals surface area contributed by atoms with Crippen molar-refractivity contribution in [3.05, 3.63) is 23.3 Å². The summed E-state index contributed by atoms with van der Waals surface area (Å²) in [6.07, 6.45) is 32.5. The summed E-state index contributed by atoms with van der Waals surface area (Å²) in [6.45, 7) is 10.8. The van der Waals surface area contributed by atoms with Crippen molar-refractivity contribution in [2.75, 3.05) is 0 Å². The Morgan fingerprint density at radius 1 is 0.538 bits per heavy atom. The first kappa shape index (κ1) is 26.5. The topological polar surface area (TPSA) is 0 Å². The van der Waals surface area contributed by atoms with Gasteiger partial charge >= 0.3 is 0 Å². The predicted octanol–water partition coefficient (Wildman–Crippen LogP) is 11.2. The number of hydrogen-bond donors (Lipinski definition) is 0. The zero-order valence-electron chi connectivity index (χ0n) is 25.9. The van der Waals surface area contributed by atoms with Crippen molar-refractivity contribution in [2.45, 2.75) is 154 Å². The molecule has 39 heavy (non-hydrogen) atoms. The van der Waals surface area contributed by atoms with Gasteiger partial charge in [0.1, 0.15) is 0 Å². The van der Waals surface area contributed by atoms with Gasteiger partial charge in [0, 0.05) is 10.5 Å². The van der Waals surface area contributed by atoms with Gasteiger partial charge in [-0.25, -0.2) is 0 Å². The van der Waals surface area contributed by atoms with Crippen molar-refractivity contribution in [3.8, 4) is 0 Å². The zero-order valence-corrected chi connectivity index (χ0v) is 26.7. The van der Waals surface area contributed by atoms with Gasteiger partial charge in [-0.05, 0) is 160 Å². The average molecular weight is 547 g/mol. The van der Waals surface area contributed by atoms with Crippen molar-refractivity contribution in [1.82, 2.24) is 0 Å². The van der Waals surface area contributed by atoms with Gasteiger partial charge in [0.05, 0.1) is 0 Å². The summed E-state index contributed by atoms with van der Waals surface area (Å²) in [4.78, 5) is 0. The van der Waals surface area contributed by atoms with E-state index in [1.165, 1.54) is 116 Å². The van der Waals surface area contributed by atoms with Crippen LogP contribution in [0.15, 0.2) is 23.3 Å². The molecule has 0 spiro atoms. The molecule has 0 amide bonds. The molecule has 0 heterocycles. The minimum absolute atomic E-state index is 0.533. The Bertz CT molecular complexity index is 971. The first-order chi connectivity index (χ1) is 18.7. The number of thioether (sulfide) groups is 1. The second-order valence-corrected chi connectivity index (χ2v) is 19.2. The van der Waals surface area contributed by atoms with Crippen molar-refractivity contribution >= 4 is 11.8 Å². The molecular weight excluding hydrogens is 488 g/mol. The van der Waals surface area contributed by atoms with E-state index in [0.717, 1.165) is 46.0 Å². The third-order valence-electron chi connectivity index (χ3n) is 16.1. The molecule has 0 aromatic heterocycles. The van der Waals surface area contributed by atoms with E-state index in [1.807, 2.05) is 11.1 Å². The summed E-state index contributed by atoms with van der Waals surface area (Å²) >= 11 is 2.46.